The third-order valence-electron chi connectivity index (χ3n) is 2.11. The van der Waals surface area contributed by atoms with Crippen LogP contribution in [0, 0.1) is 12.3 Å². The predicted octanol–water partition coefficient (Wildman–Crippen LogP) is 2.43. The lowest BCUT2D eigenvalue weighted by atomic mass is 10.1. The van der Waals surface area contributed by atoms with Crippen LogP contribution in [0.2, 0.25) is 10.0 Å². The van der Waals surface area contributed by atoms with E-state index in [-0.39, 0.29) is 6.54 Å². The molecule has 1 atom stereocenters. The lowest BCUT2D eigenvalue weighted by Crippen LogP contribution is -2.30. The maximum atomic E-state index is 11.6. The summed E-state index contributed by atoms with van der Waals surface area (Å²) >= 11 is 11.9. The lowest BCUT2D eigenvalue weighted by molar-refractivity contribution is -0.143. The summed E-state index contributed by atoms with van der Waals surface area (Å²) in [5.74, 6) is 1.92. The number of hydrogen-bond donors (Lipinski definition) is 1. The van der Waals surface area contributed by atoms with E-state index >= 15 is 0 Å². The average molecular weight is 272 g/mol. The van der Waals surface area contributed by atoms with Crippen LogP contribution in [0.1, 0.15) is 11.6 Å². The van der Waals surface area contributed by atoms with Crippen LogP contribution in [0.4, 0.5) is 0 Å². The molecule has 3 nitrogen and oxygen atoms in total. The van der Waals surface area contributed by atoms with Crippen molar-refractivity contribution < 1.29 is 9.53 Å². The molecule has 0 spiro atoms. The van der Waals surface area contributed by atoms with Gasteiger partial charge in [-0.05, 0) is 18.2 Å². The van der Waals surface area contributed by atoms with E-state index in [9.17, 15) is 4.79 Å². The first-order chi connectivity index (χ1) is 8.10. The summed E-state index contributed by atoms with van der Waals surface area (Å²) in [7, 11) is 1.30. The Morgan fingerprint density at radius 3 is 2.88 bits per heavy atom. The van der Waals surface area contributed by atoms with Crippen molar-refractivity contribution in [3.8, 4) is 12.3 Å². The SMILES string of the molecule is C#CCNC(C(=O)OC)c1cc(Cl)ccc1Cl. The Morgan fingerprint density at radius 2 is 2.29 bits per heavy atom. The van der Waals surface area contributed by atoms with E-state index in [1.54, 1.807) is 18.2 Å². The van der Waals surface area contributed by atoms with E-state index in [4.69, 9.17) is 29.6 Å². The van der Waals surface area contributed by atoms with Gasteiger partial charge in [0.2, 0.25) is 0 Å². The molecule has 1 aromatic carbocycles. The highest BCUT2D eigenvalue weighted by molar-refractivity contribution is 6.33. The Bertz CT molecular complexity index is 454. The molecule has 0 aromatic heterocycles. The molecule has 1 N–H and O–H groups in total. The van der Waals surface area contributed by atoms with E-state index in [0.717, 1.165) is 0 Å². The smallest absolute Gasteiger partial charge is 0.327 e. The number of carbonyl (C=O) groups is 1. The van der Waals surface area contributed by atoms with Gasteiger partial charge in [-0.15, -0.1) is 6.42 Å². The summed E-state index contributed by atoms with van der Waals surface area (Å²) in [6.07, 6.45) is 5.14. The molecule has 0 radical (unpaired) electrons. The number of carbonyl (C=O) groups excluding carboxylic acids is 1. The Morgan fingerprint density at radius 1 is 1.59 bits per heavy atom. The van der Waals surface area contributed by atoms with Crippen LogP contribution in [0.15, 0.2) is 18.2 Å². The van der Waals surface area contributed by atoms with Crippen molar-refractivity contribution in [3.63, 3.8) is 0 Å². The molecule has 5 heteroatoms. The molecule has 90 valence electrons. The van der Waals surface area contributed by atoms with Gasteiger partial charge in [0.15, 0.2) is 0 Å². The molecular formula is C12H11Cl2NO2. The quantitative estimate of drug-likeness (QED) is 0.675. The Labute approximate surface area is 110 Å². The largest absolute Gasteiger partial charge is 0.468 e. The van der Waals surface area contributed by atoms with Gasteiger partial charge in [0.1, 0.15) is 6.04 Å². The number of ether oxygens (including phenoxy) is 1. The van der Waals surface area contributed by atoms with Crippen molar-refractivity contribution >= 4 is 29.2 Å². The average Bonchev–Trinajstić information content (AvgIpc) is 2.33. The highest BCUT2D eigenvalue weighted by Gasteiger charge is 2.23. The van der Waals surface area contributed by atoms with Gasteiger partial charge in [0, 0.05) is 15.6 Å². The number of rotatable bonds is 4. The summed E-state index contributed by atoms with van der Waals surface area (Å²) in [6.45, 7) is 0.225. The fraction of sp³-hybridized carbons (Fsp3) is 0.250. The first-order valence-corrected chi connectivity index (χ1v) is 5.55. The Hall–Kier alpha value is -1.21. The number of halogens is 2. The second-order valence-corrected chi connectivity index (χ2v) is 4.05. The molecule has 0 aliphatic rings. The van der Waals surface area contributed by atoms with Crippen molar-refractivity contribution in [2.45, 2.75) is 6.04 Å². The monoisotopic (exact) mass is 271 g/mol. The van der Waals surface area contributed by atoms with Gasteiger partial charge in [-0.1, -0.05) is 29.1 Å². The summed E-state index contributed by atoms with van der Waals surface area (Å²) in [6, 6.07) is 4.15. The summed E-state index contributed by atoms with van der Waals surface area (Å²) in [4.78, 5) is 11.6. The summed E-state index contributed by atoms with van der Waals surface area (Å²) in [5, 5.41) is 3.76. The van der Waals surface area contributed by atoms with Crippen LogP contribution < -0.4 is 5.32 Å². The maximum Gasteiger partial charge on any atom is 0.327 e. The van der Waals surface area contributed by atoms with Crippen LogP contribution >= 0.6 is 23.2 Å². The summed E-state index contributed by atoms with van der Waals surface area (Å²) < 4.78 is 4.69. The van der Waals surface area contributed by atoms with E-state index in [1.165, 1.54) is 7.11 Å². The molecule has 0 amide bonds. The molecule has 0 heterocycles. The van der Waals surface area contributed by atoms with Gasteiger partial charge in [-0.3, -0.25) is 5.32 Å². The van der Waals surface area contributed by atoms with E-state index < -0.39 is 12.0 Å². The molecule has 17 heavy (non-hydrogen) atoms. The molecule has 1 aromatic rings. The van der Waals surface area contributed by atoms with Gasteiger partial charge < -0.3 is 4.74 Å². The van der Waals surface area contributed by atoms with E-state index in [2.05, 4.69) is 16.0 Å². The van der Waals surface area contributed by atoms with Crippen molar-refractivity contribution in [1.29, 1.82) is 0 Å². The van der Waals surface area contributed by atoms with Crippen molar-refractivity contribution in [1.82, 2.24) is 5.32 Å². The summed E-state index contributed by atoms with van der Waals surface area (Å²) in [5.41, 5.74) is 0.543. The van der Waals surface area contributed by atoms with Gasteiger partial charge >= 0.3 is 5.97 Å². The molecule has 0 saturated heterocycles. The first kappa shape index (κ1) is 13.9. The third-order valence-corrected chi connectivity index (χ3v) is 2.69. The zero-order chi connectivity index (χ0) is 12.8. The van der Waals surface area contributed by atoms with Gasteiger partial charge in [-0.2, -0.15) is 0 Å². The number of terminal acetylenes is 1. The number of nitrogens with one attached hydrogen (secondary N) is 1. The highest BCUT2D eigenvalue weighted by atomic mass is 35.5. The van der Waals surface area contributed by atoms with Crippen molar-refractivity contribution in [2.75, 3.05) is 13.7 Å². The molecule has 0 saturated carbocycles. The van der Waals surface area contributed by atoms with Gasteiger partial charge in [0.25, 0.3) is 0 Å². The fourth-order valence-corrected chi connectivity index (χ4v) is 1.74. The number of benzene rings is 1. The normalized spacial score (nSPS) is 11.6. The van der Waals surface area contributed by atoms with Crippen LogP contribution in [0.25, 0.3) is 0 Å². The van der Waals surface area contributed by atoms with Gasteiger partial charge in [-0.25, -0.2) is 4.79 Å². The zero-order valence-electron chi connectivity index (χ0n) is 9.17. The minimum atomic E-state index is -0.720. The molecule has 1 unspecified atom stereocenters. The lowest BCUT2D eigenvalue weighted by Gasteiger charge is -2.16. The molecule has 0 aliphatic heterocycles. The fourth-order valence-electron chi connectivity index (χ4n) is 1.33. The van der Waals surface area contributed by atoms with Crippen LogP contribution in [-0.4, -0.2) is 19.6 Å². The number of methoxy groups -OCH3 is 1. The molecule has 0 fully saturated rings. The molecule has 1 rings (SSSR count). The molecule has 0 aliphatic carbocycles. The minimum absolute atomic E-state index is 0.225. The first-order valence-electron chi connectivity index (χ1n) is 4.79. The predicted molar refractivity (Wildman–Crippen MR) is 68.1 cm³/mol. The zero-order valence-corrected chi connectivity index (χ0v) is 10.7. The van der Waals surface area contributed by atoms with Crippen molar-refractivity contribution in [2.24, 2.45) is 0 Å². The third kappa shape index (κ3) is 3.64. The van der Waals surface area contributed by atoms with Crippen LogP contribution in [0.3, 0.4) is 0 Å². The van der Waals surface area contributed by atoms with Gasteiger partial charge in [0.05, 0.1) is 13.7 Å². The topological polar surface area (TPSA) is 38.3 Å². The Kier molecular flexibility index (Phi) is 5.30. The number of esters is 1. The minimum Gasteiger partial charge on any atom is -0.468 e. The maximum absolute atomic E-state index is 11.6. The van der Waals surface area contributed by atoms with Crippen molar-refractivity contribution in [3.05, 3.63) is 33.8 Å². The van der Waals surface area contributed by atoms with Crippen LogP contribution in [0.5, 0.6) is 0 Å². The highest BCUT2D eigenvalue weighted by Crippen LogP contribution is 2.27. The second-order valence-electron chi connectivity index (χ2n) is 3.21. The van der Waals surface area contributed by atoms with E-state index in [1.807, 2.05) is 0 Å². The standard InChI is InChI=1S/C12H11Cl2NO2/c1-3-6-15-11(12(16)17-2)9-7-8(13)4-5-10(9)14/h1,4-5,7,11,15H,6H2,2H3. The van der Waals surface area contributed by atoms with Crippen LogP contribution in [-0.2, 0) is 9.53 Å². The van der Waals surface area contributed by atoms with E-state index in [0.29, 0.717) is 15.6 Å². The Balaban J connectivity index is 3.08. The molecular weight excluding hydrogens is 261 g/mol. The number of hydrogen-bond acceptors (Lipinski definition) is 3. The second kappa shape index (κ2) is 6.51. The molecule has 0 bridgehead atoms.